The highest BCUT2D eigenvalue weighted by atomic mass is 32.2. The summed E-state index contributed by atoms with van der Waals surface area (Å²) in [6.45, 7) is 4.38. The predicted octanol–water partition coefficient (Wildman–Crippen LogP) is 2.25. The molecule has 0 aliphatic rings. The molecule has 1 aromatic heterocycles. The molecule has 1 N–H and O–H groups in total. The number of carbonyl (C=O) groups is 1. The summed E-state index contributed by atoms with van der Waals surface area (Å²) in [5, 5.41) is -0.464. The summed E-state index contributed by atoms with van der Waals surface area (Å²) in [6.07, 6.45) is -7.53. The van der Waals surface area contributed by atoms with Gasteiger partial charge in [0.1, 0.15) is 0 Å². The fraction of sp³-hybridized carbons (Fsp3) is 0.500. The first-order chi connectivity index (χ1) is 14.6. The number of carbonyl (C=O) groups excluding carboxylic acids is 1. The molecule has 0 radical (unpaired) electrons. The maximum atomic E-state index is 13.6. The summed E-state index contributed by atoms with van der Waals surface area (Å²) in [5.74, 6) is 0. The van der Waals surface area contributed by atoms with Crippen LogP contribution in [-0.2, 0) is 25.7 Å². The summed E-state index contributed by atoms with van der Waals surface area (Å²) in [6, 6.07) is 1.43. The topological polar surface area (TPSA) is 128 Å². The summed E-state index contributed by atoms with van der Waals surface area (Å²) < 4.78 is 74.9. The number of H-pyrrole nitrogens is 1. The molecule has 0 aliphatic heterocycles. The number of fused-ring (bicyclic) bond motifs is 1. The molecule has 2 aromatic rings. The van der Waals surface area contributed by atoms with Gasteiger partial charge in [-0.15, -0.1) is 4.68 Å². The molecular formula is C18H22F3N3O7S. The van der Waals surface area contributed by atoms with Crippen molar-refractivity contribution in [3.63, 3.8) is 0 Å². The standard InChI is InChI=1S/C18H22F3N3O7S/c1-6-14(30-4)10-7-11-13(8-12(10)18(19,20)21)22-16(26)23(15(11)25)24(32(5,28)29)17(27)31-9(2)3/h7-9,14H,6H2,1-5H3,(H,22,26). The second-order valence-corrected chi connectivity index (χ2v) is 8.91. The average Bonchev–Trinajstić information content (AvgIpc) is 2.63. The molecule has 1 heterocycles. The molecule has 0 bridgehead atoms. The molecule has 1 unspecified atom stereocenters. The van der Waals surface area contributed by atoms with Crippen molar-refractivity contribution in [1.29, 1.82) is 0 Å². The molecule has 0 aliphatic carbocycles. The van der Waals surface area contributed by atoms with Crippen LogP contribution in [-0.4, -0.2) is 43.6 Å². The smallest absolute Gasteiger partial charge is 0.444 e. The molecule has 0 spiro atoms. The minimum absolute atomic E-state index is 0.0345. The number of amides is 1. The van der Waals surface area contributed by atoms with Crippen LogP contribution in [0.5, 0.6) is 0 Å². The van der Waals surface area contributed by atoms with Crippen LogP contribution in [0.25, 0.3) is 10.9 Å². The normalized spacial score (nSPS) is 13.4. The van der Waals surface area contributed by atoms with E-state index in [0.717, 1.165) is 6.07 Å². The first kappa shape index (κ1) is 25.4. The lowest BCUT2D eigenvalue weighted by Crippen LogP contribution is -2.56. The molecule has 0 saturated heterocycles. The number of hydrogen-bond acceptors (Lipinski definition) is 7. The molecule has 0 saturated carbocycles. The van der Waals surface area contributed by atoms with E-state index in [4.69, 9.17) is 9.47 Å². The van der Waals surface area contributed by atoms with Gasteiger partial charge in [-0.3, -0.25) is 4.79 Å². The van der Waals surface area contributed by atoms with Gasteiger partial charge in [0.15, 0.2) is 0 Å². The highest BCUT2D eigenvalue weighted by Gasteiger charge is 2.37. The van der Waals surface area contributed by atoms with Crippen LogP contribution in [0.1, 0.15) is 44.4 Å². The Balaban J connectivity index is 2.96. The quantitative estimate of drug-likeness (QED) is 0.670. The van der Waals surface area contributed by atoms with E-state index in [1.54, 1.807) is 6.92 Å². The minimum Gasteiger partial charge on any atom is -0.445 e. The number of hydrogen-bond donors (Lipinski definition) is 1. The van der Waals surface area contributed by atoms with Crippen molar-refractivity contribution in [3.8, 4) is 0 Å². The molecule has 32 heavy (non-hydrogen) atoms. The van der Waals surface area contributed by atoms with E-state index >= 15 is 0 Å². The zero-order valence-electron chi connectivity index (χ0n) is 17.8. The van der Waals surface area contributed by atoms with Crippen LogP contribution in [0.2, 0.25) is 0 Å². The molecule has 1 amide bonds. The monoisotopic (exact) mass is 481 g/mol. The fourth-order valence-electron chi connectivity index (χ4n) is 3.07. The van der Waals surface area contributed by atoms with Gasteiger partial charge in [-0.1, -0.05) is 11.3 Å². The molecular weight excluding hydrogens is 459 g/mol. The van der Waals surface area contributed by atoms with E-state index in [1.165, 1.54) is 21.0 Å². The number of aromatic nitrogens is 2. The summed E-state index contributed by atoms with van der Waals surface area (Å²) in [5.41, 5.74) is -4.81. The number of benzene rings is 1. The first-order valence-corrected chi connectivity index (χ1v) is 11.1. The van der Waals surface area contributed by atoms with E-state index in [2.05, 4.69) is 0 Å². The fourth-order valence-corrected chi connectivity index (χ4v) is 3.83. The Morgan fingerprint density at radius 2 is 1.84 bits per heavy atom. The Kier molecular flexibility index (Phi) is 7.09. The number of ether oxygens (including phenoxy) is 2. The molecule has 14 heteroatoms. The van der Waals surface area contributed by atoms with Gasteiger partial charge < -0.3 is 14.5 Å². The van der Waals surface area contributed by atoms with Crippen molar-refractivity contribution >= 4 is 27.0 Å². The van der Waals surface area contributed by atoms with Crippen molar-refractivity contribution in [3.05, 3.63) is 44.1 Å². The number of sulfonamides is 1. The molecule has 0 fully saturated rings. The van der Waals surface area contributed by atoms with Gasteiger partial charge in [-0.05, 0) is 38.0 Å². The van der Waals surface area contributed by atoms with E-state index in [0.29, 0.717) is 12.3 Å². The van der Waals surface area contributed by atoms with Crippen molar-refractivity contribution in [2.45, 2.75) is 45.6 Å². The number of alkyl halides is 3. The van der Waals surface area contributed by atoms with E-state index < -0.39 is 62.2 Å². The van der Waals surface area contributed by atoms with Crippen molar-refractivity contribution < 1.29 is 35.9 Å². The van der Waals surface area contributed by atoms with Crippen molar-refractivity contribution in [1.82, 2.24) is 9.66 Å². The highest BCUT2D eigenvalue weighted by Crippen LogP contribution is 2.38. The van der Waals surface area contributed by atoms with Crippen molar-refractivity contribution in [2.75, 3.05) is 17.8 Å². The van der Waals surface area contributed by atoms with Gasteiger partial charge in [0.25, 0.3) is 15.6 Å². The lowest BCUT2D eigenvalue weighted by molar-refractivity contribution is -0.139. The van der Waals surface area contributed by atoms with Gasteiger partial charge in [-0.2, -0.15) is 13.2 Å². The van der Waals surface area contributed by atoms with Crippen LogP contribution < -0.4 is 15.7 Å². The summed E-state index contributed by atoms with van der Waals surface area (Å²) in [7, 11) is -3.36. The summed E-state index contributed by atoms with van der Waals surface area (Å²) >= 11 is 0. The number of methoxy groups -OCH3 is 1. The van der Waals surface area contributed by atoms with Crippen LogP contribution in [0.4, 0.5) is 18.0 Å². The molecule has 178 valence electrons. The van der Waals surface area contributed by atoms with E-state index in [1.807, 2.05) is 4.98 Å². The molecule has 1 atom stereocenters. The lowest BCUT2D eigenvalue weighted by Gasteiger charge is -2.23. The van der Waals surface area contributed by atoms with E-state index in [9.17, 15) is 36.0 Å². The third kappa shape index (κ3) is 4.96. The summed E-state index contributed by atoms with van der Waals surface area (Å²) in [4.78, 5) is 39.9. The lowest BCUT2D eigenvalue weighted by atomic mass is 9.97. The van der Waals surface area contributed by atoms with Gasteiger partial charge in [-0.25, -0.2) is 18.0 Å². The Morgan fingerprint density at radius 1 is 1.25 bits per heavy atom. The van der Waals surface area contributed by atoms with Gasteiger partial charge >= 0.3 is 18.0 Å². The van der Waals surface area contributed by atoms with Crippen molar-refractivity contribution in [2.24, 2.45) is 0 Å². The number of rotatable bonds is 6. The maximum absolute atomic E-state index is 13.6. The third-order valence-electron chi connectivity index (χ3n) is 4.34. The SMILES string of the molecule is CCC(OC)c1cc2c(=O)n(N(C(=O)OC(C)C)S(C)(=O)=O)c(=O)[nH]c2cc1C(F)(F)F. The minimum atomic E-state index is -4.83. The van der Waals surface area contributed by atoms with Crippen LogP contribution in [0, 0.1) is 0 Å². The molecule has 2 rings (SSSR count). The first-order valence-electron chi connectivity index (χ1n) is 9.27. The van der Waals surface area contributed by atoms with Gasteiger partial charge in [0, 0.05) is 7.11 Å². The van der Waals surface area contributed by atoms with Crippen LogP contribution in [0.3, 0.4) is 0 Å². The Hall–Kier alpha value is -2.87. The second kappa shape index (κ2) is 8.94. The van der Waals surface area contributed by atoms with E-state index in [-0.39, 0.29) is 21.1 Å². The van der Waals surface area contributed by atoms with Gasteiger partial charge in [0.05, 0.1) is 34.9 Å². The number of nitrogens with zero attached hydrogens (tertiary/aromatic N) is 2. The average molecular weight is 481 g/mol. The predicted molar refractivity (Wildman–Crippen MR) is 109 cm³/mol. The Bertz CT molecular complexity index is 1250. The van der Waals surface area contributed by atoms with Crippen LogP contribution >= 0.6 is 0 Å². The number of nitrogens with one attached hydrogen (secondary N) is 1. The zero-order valence-corrected chi connectivity index (χ0v) is 18.6. The number of aromatic amines is 1. The third-order valence-corrected chi connectivity index (χ3v) is 5.28. The maximum Gasteiger partial charge on any atom is 0.444 e. The largest absolute Gasteiger partial charge is 0.445 e. The van der Waals surface area contributed by atoms with Gasteiger partial charge in [0.2, 0.25) is 0 Å². The Labute approximate surface area is 180 Å². The van der Waals surface area contributed by atoms with Crippen LogP contribution in [0.15, 0.2) is 21.7 Å². The highest BCUT2D eigenvalue weighted by molar-refractivity contribution is 7.92. The molecule has 10 nitrogen and oxygen atoms in total. The molecule has 1 aromatic carbocycles. The zero-order chi connectivity index (χ0) is 24.6. The Morgan fingerprint density at radius 3 is 2.28 bits per heavy atom. The second-order valence-electron chi connectivity index (χ2n) is 7.10. The number of halogens is 3.